The molecule has 0 amide bonds. The zero-order chi connectivity index (χ0) is 8.10. The van der Waals surface area contributed by atoms with E-state index in [1.807, 2.05) is 25.2 Å². The number of nitrogens with one attached hydrogen (secondary N) is 1. The van der Waals surface area contributed by atoms with Crippen molar-refractivity contribution in [2.75, 3.05) is 14.2 Å². The molecule has 3 heteroatoms. The summed E-state index contributed by atoms with van der Waals surface area (Å²) in [5.74, 6) is 0.946. The van der Waals surface area contributed by atoms with Crippen LogP contribution in [0, 0.1) is 0 Å². The molecule has 68 valence electrons. The first kappa shape index (κ1) is 11.3. The highest BCUT2D eigenvalue weighted by Gasteiger charge is 1.97. The van der Waals surface area contributed by atoms with Crippen LogP contribution in [0.15, 0.2) is 24.3 Å². The van der Waals surface area contributed by atoms with E-state index in [4.69, 9.17) is 4.74 Å². The summed E-state index contributed by atoms with van der Waals surface area (Å²) in [6, 6.07) is 8.00. The van der Waals surface area contributed by atoms with Crippen molar-refractivity contribution in [3.63, 3.8) is 0 Å². The number of benzene rings is 1. The van der Waals surface area contributed by atoms with Gasteiger partial charge in [0, 0.05) is 12.1 Å². The van der Waals surface area contributed by atoms with Crippen LogP contribution in [0.5, 0.6) is 5.75 Å². The molecular formula is C9H14ClNO. The molecule has 0 fully saturated rings. The normalized spacial score (nSPS) is 8.83. The number of ether oxygens (including phenoxy) is 1. The molecule has 0 radical (unpaired) electrons. The quantitative estimate of drug-likeness (QED) is 0.780. The minimum Gasteiger partial charge on any atom is -0.496 e. The summed E-state index contributed by atoms with van der Waals surface area (Å²) >= 11 is 0. The molecule has 0 bridgehead atoms. The minimum absolute atomic E-state index is 0. The van der Waals surface area contributed by atoms with Crippen LogP contribution in [-0.4, -0.2) is 14.2 Å². The molecule has 1 N–H and O–H groups in total. The monoisotopic (exact) mass is 187 g/mol. The molecule has 1 rings (SSSR count). The third-order valence-electron chi connectivity index (χ3n) is 1.56. The number of hydrogen-bond acceptors (Lipinski definition) is 2. The van der Waals surface area contributed by atoms with Crippen LogP contribution < -0.4 is 10.1 Å². The zero-order valence-electron chi connectivity index (χ0n) is 7.33. The van der Waals surface area contributed by atoms with Gasteiger partial charge in [0.05, 0.1) is 7.11 Å². The van der Waals surface area contributed by atoms with Gasteiger partial charge in [-0.15, -0.1) is 12.4 Å². The van der Waals surface area contributed by atoms with E-state index in [0.29, 0.717) is 0 Å². The lowest BCUT2D eigenvalue weighted by molar-refractivity contribution is 0.408. The Balaban J connectivity index is 0.00000121. The van der Waals surface area contributed by atoms with Crippen molar-refractivity contribution in [1.29, 1.82) is 0 Å². The second kappa shape index (κ2) is 5.86. The van der Waals surface area contributed by atoms with Gasteiger partial charge in [0.15, 0.2) is 0 Å². The zero-order valence-corrected chi connectivity index (χ0v) is 8.15. The maximum Gasteiger partial charge on any atom is 0.123 e. The van der Waals surface area contributed by atoms with Crippen LogP contribution in [-0.2, 0) is 6.54 Å². The molecule has 0 aromatic heterocycles. The van der Waals surface area contributed by atoms with Crippen LogP contribution in [0.3, 0.4) is 0 Å². The highest BCUT2D eigenvalue weighted by Crippen LogP contribution is 2.16. The number of methoxy groups -OCH3 is 1. The molecule has 0 heterocycles. The maximum absolute atomic E-state index is 5.16. The molecule has 1 aromatic rings. The van der Waals surface area contributed by atoms with Crippen molar-refractivity contribution in [3.8, 4) is 5.75 Å². The van der Waals surface area contributed by atoms with E-state index in [2.05, 4.69) is 11.4 Å². The van der Waals surface area contributed by atoms with E-state index >= 15 is 0 Å². The van der Waals surface area contributed by atoms with E-state index in [9.17, 15) is 0 Å². The smallest absolute Gasteiger partial charge is 0.123 e. The number of hydrogen-bond donors (Lipinski definition) is 1. The molecule has 0 aliphatic carbocycles. The third-order valence-corrected chi connectivity index (χ3v) is 1.56. The lowest BCUT2D eigenvalue weighted by atomic mass is 10.2. The minimum atomic E-state index is 0. The van der Waals surface area contributed by atoms with Crippen LogP contribution in [0.2, 0.25) is 0 Å². The molecule has 0 atom stereocenters. The lowest BCUT2D eigenvalue weighted by Crippen LogP contribution is -2.06. The Morgan fingerprint density at radius 1 is 1.33 bits per heavy atom. The van der Waals surface area contributed by atoms with E-state index in [-0.39, 0.29) is 12.4 Å². The second-order valence-electron chi connectivity index (χ2n) is 2.34. The molecule has 12 heavy (non-hydrogen) atoms. The molecule has 0 spiro atoms. The molecular weight excluding hydrogens is 174 g/mol. The summed E-state index contributed by atoms with van der Waals surface area (Å²) in [5, 5.41) is 3.08. The predicted molar refractivity (Wildman–Crippen MR) is 53.0 cm³/mol. The Bertz CT molecular complexity index is 228. The summed E-state index contributed by atoms with van der Waals surface area (Å²) in [7, 11) is 3.61. The first-order valence-corrected chi connectivity index (χ1v) is 3.65. The summed E-state index contributed by atoms with van der Waals surface area (Å²) in [6.45, 7) is 0.851. The van der Waals surface area contributed by atoms with Crippen molar-refractivity contribution in [2.24, 2.45) is 0 Å². The molecule has 0 aliphatic rings. The Kier molecular flexibility index (Phi) is 5.51. The molecule has 0 aliphatic heterocycles. The fraction of sp³-hybridized carbons (Fsp3) is 0.333. The molecule has 1 aromatic carbocycles. The van der Waals surface area contributed by atoms with Gasteiger partial charge in [-0.05, 0) is 13.1 Å². The van der Waals surface area contributed by atoms with Crippen molar-refractivity contribution >= 4 is 12.4 Å². The van der Waals surface area contributed by atoms with Gasteiger partial charge in [-0.3, -0.25) is 0 Å². The van der Waals surface area contributed by atoms with Crippen molar-refractivity contribution in [1.82, 2.24) is 5.32 Å². The van der Waals surface area contributed by atoms with Gasteiger partial charge >= 0.3 is 0 Å². The Morgan fingerprint density at radius 2 is 2.00 bits per heavy atom. The van der Waals surface area contributed by atoms with Gasteiger partial charge in [0.2, 0.25) is 0 Å². The third kappa shape index (κ3) is 2.72. The summed E-state index contributed by atoms with van der Waals surface area (Å²) in [6.07, 6.45) is 0. The van der Waals surface area contributed by atoms with Crippen molar-refractivity contribution in [3.05, 3.63) is 29.8 Å². The van der Waals surface area contributed by atoms with Gasteiger partial charge in [-0.1, -0.05) is 18.2 Å². The van der Waals surface area contributed by atoms with E-state index in [0.717, 1.165) is 12.3 Å². The van der Waals surface area contributed by atoms with E-state index in [1.54, 1.807) is 7.11 Å². The second-order valence-corrected chi connectivity index (χ2v) is 2.34. The molecule has 0 saturated carbocycles. The molecule has 0 saturated heterocycles. The number of halogens is 1. The van der Waals surface area contributed by atoms with Crippen LogP contribution in [0.25, 0.3) is 0 Å². The first-order chi connectivity index (χ1) is 5.38. The first-order valence-electron chi connectivity index (χ1n) is 3.65. The van der Waals surface area contributed by atoms with Gasteiger partial charge in [-0.2, -0.15) is 0 Å². The SMILES string of the molecule is CNCc1ccccc1OC.Cl. The van der Waals surface area contributed by atoms with Gasteiger partial charge in [0.1, 0.15) is 5.75 Å². The van der Waals surface area contributed by atoms with Crippen LogP contribution in [0.4, 0.5) is 0 Å². The van der Waals surface area contributed by atoms with Gasteiger partial charge in [-0.25, -0.2) is 0 Å². The largest absolute Gasteiger partial charge is 0.496 e. The van der Waals surface area contributed by atoms with Crippen LogP contribution in [0.1, 0.15) is 5.56 Å². The number of para-hydroxylation sites is 1. The Morgan fingerprint density at radius 3 is 2.58 bits per heavy atom. The average Bonchev–Trinajstić information content (AvgIpc) is 2.06. The van der Waals surface area contributed by atoms with E-state index in [1.165, 1.54) is 5.56 Å². The topological polar surface area (TPSA) is 21.3 Å². The van der Waals surface area contributed by atoms with Crippen molar-refractivity contribution in [2.45, 2.75) is 6.54 Å². The molecule has 2 nitrogen and oxygen atoms in total. The average molecular weight is 188 g/mol. The van der Waals surface area contributed by atoms with Gasteiger partial charge < -0.3 is 10.1 Å². The summed E-state index contributed by atoms with van der Waals surface area (Å²) in [5.41, 5.74) is 1.19. The maximum atomic E-state index is 5.16. The molecule has 0 unspecified atom stereocenters. The number of rotatable bonds is 3. The lowest BCUT2D eigenvalue weighted by Gasteiger charge is -2.06. The Labute approximate surface area is 79.3 Å². The predicted octanol–water partition coefficient (Wildman–Crippen LogP) is 1.84. The van der Waals surface area contributed by atoms with E-state index < -0.39 is 0 Å². The highest BCUT2D eigenvalue weighted by molar-refractivity contribution is 5.85. The standard InChI is InChI=1S/C9H13NO.ClH/c1-10-7-8-5-3-4-6-9(8)11-2;/h3-6,10H,7H2,1-2H3;1H. The van der Waals surface area contributed by atoms with Gasteiger partial charge in [0.25, 0.3) is 0 Å². The van der Waals surface area contributed by atoms with Crippen LogP contribution >= 0.6 is 12.4 Å². The fourth-order valence-electron chi connectivity index (χ4n) is 1.04. The summed E-state index contributed by atoms with van der Waals surface area (Å²) in [4.78, 5) is 0. The fourth-order valence-corrected chi connectivity index (χ4v) is 1.04. The highest BCUT2D eigenvalue weighted by atomic mass is 35.5. The van der Waals surface area contributed by atoms with Crippen molar-refractivity contribution < 1.29 is 4.74 Å². The summed E-state index contributed by atoms with van der Waals surface area (Å²) < 4.78 is 5.16. The Hall–Kier alpha value is -0.730.